The van der Waals surface area contributed by atoms with Crippen molar-refractivity contribution in [1.29, 1.82) is 0 Å². The van der Waals surface area contributed by atoms with E-state index in [1.54, 1.807) is 13.8 Å². The zero-order chi connectivity index (χ0) is 9.07. The zero-order valence-electron chi connectivity index (χ0n) is 7.38. The number of rotatable bonds is 3. The second-order valence-electron chi connectivity index (χ2n) is 3.38. The van der Waals surface area contributed by atoms with Crippen LogP contribution in [0.2, 0.25) is 0 Å². The Hall–Kier alpha value is -0.860. The second kappa shape index (κ2) is 3.51. The Morgan fingerprint density at radius 2 is 1.91 bits per heavy atom. The normalized spacial score (nSPS) is 11.4. The van der Waals surface area contributed by atoms with Gasteiger partial charge in [0.15, 0.2) is 0 Å². The molecule has 0 unspecified atom stereocenters. The van der Waals surface area contributed by atoms with Gasteiger partial charge >= 0.3 is 12.4 Å². The van der Waals surface area contributed by atoms with Gasteiger partial charge in [0.05, 0.1) is 5.41 Å². The lowest BCUT2D eigenvalue weighted by Crippen LogP contribution is -2.31. The number of hydrogen-bond donors (Lipinski definition) is 0. The minimum Gasteiger partial charge on any atom is -0.395 e. The van der Waals surface area contributed by atoms with Crippen molar-refractivity contribution in [2.75, 3.05) is 0 Å². The molecule has 0 aliphatic rings. The summed E-state index contributed by atoms with van der Waals surface area (Å²) in [7, 11) is 0. The molecule has 11 heavy (non-hydrogen) atoms. The Morgan fingerprint density at radius 1 is 1.45 bits per heavy atom. The smallest absolute Gasteiger partial charge is 0.319 e. The van der Waals surface area contributed by atoms with Gasteiger partial charge in [-0.25, -0.2) is 0 Å². The van der Waals surface area contributed by atoms with E-state index in [0.717, 1.165) is 0 Å². The van der Waals surface area contributed by atoms with Crippen molar-refractivity contribution >= 4 is 12.4 Å². The van der Waals surface area contributed by atoms with E-state index in [9.17, 15) is 9.59 Å². The molecule has 0 aliphatic carbocycles. The molecule has 0 heterocycles. The van der Waals surface area contributed by atoms with Crippen LogP contribution < -0.4 is 0 Å². The molecule has 0 bridgehead atoms. The molecule has 0 saturated heterocycles. The van der Waals surface area contributed by atoms with E-state index in [-0.39, 0.29) is 12.4 Å². The van der Waals surface area contributed by atoms with E-state index in [0.29, 0.717) is 0 Å². The van der Waals surface area contributed by atoms with Crippen LogP contribution in [0.15, 0.2) is 0 Å². The van der Waals surface area contributed by atoms with Gasteiger partial charge in [-0.1, -0.05) is 13.8 Å². The van der Waals surface area contributed by atoms with Crippen molar-refractivity contribution in [2.24, 2.45) is 11.3 Å². The maximum atomic E-state index is 11.1. The summed E-state index contributed by atoms with van der Waals surface area (Å²) in [5.41, 5.74) is -0.582. The maximum Gasteiger partial charge on any atom is 0.319 e. The molecule has 3 heteroatoms. The molecule has 64 valence electrons. The summed E-state index contributed by atoms with van der Waals surface area (Å²) in [5.74, 6) is -0.308. The minimum absolute atomic E-state index is 0.162. The fourth-order valence-electron chi connectivity index (χ4n) is 0.431. The first kappa shape index (κ1) is 10.1. The number of carbonyl (C=O) groups is 2. The Bertz CT molecular complexity index is 159. The third kappa shape index (κ3) is 2.33. The standard InChI is InChI=1S/C8H14O3/c1-6(2)8(3,4)7(10)11-5-9/h5-6H,1-4H3. The van der Waals surface area contributed by atoms with Gasteiger partial charge in [-0.2, -0.15) is 0 Å². The number of hydrogen-bond acceptors (Lipinski definition) is 3. The molecule has 0 aromatic heterocycles. The first-order valence-corrected chi connectivity index (χ1v) is 3.57. The summed E-state index contributed by atoms with van der Waals surface area (Å²) < 4.78 is 4.25. The molecule has 0 aromatic carbocycles. The van der Waals surface area contributed by atoms with Gasteiger partial charge in [-0.15, -0.1) is 0 Å². The molecule has 0 aliphatic heterocycles. The van der Waals surface area contributed by atoms with E-state index < -0.39 is 11.4 Å². The molecular formula is C8H14O3. The van der Waals surface area contributed by atoms with Crippen molar-refractivity contribution in [1.82, 2.24) is 0 Å². The first-order valence-electron chi connectivity index (χ1n) is 3.57. The van der Waals surface area contributed by atoms with Crippen molar-refractivity contribution in [3.8, 4) is 0 Å². The van der Waals surface area contributed by atoms with Crippen molar-refractivity contribution in [3.63, 3.8) is 0 Å². The average Bonchev–Trinajstić information content (AvgIpc) is 1.88. The highest BCUT2D eigenvalue weighted by Crippen LogP contribution is 2.26. The van der Waals surface area contributed by atoms with Crippen LogP contribution in [0.3, 0.4) is 0 Å². The maximum absolute atomic E-state index is 11.1. The SMILES string of the molecule is CC(C)C(C)(C)C(=O)OC=O. The largest absolute Gasteiger partial charge is 0.395 e. The summed E-state index contributed by atoms with van der Waals surface area (Å²) >= 11 is 0. The number of ether oxygens (including phenoxy) is 1. The lowest BCUT2D eigenvalue weighted by Gasteiger charge is -2.24. The van der Waals surface area contributed by atoms with Crippen LogP contribution in [0.4, 0.5) is 0 Å². The Labute approximate surface area is 66.7 Å². The average molecular weight is 158 g/mol. The van der Waals surface area contributed by atoms with Crippen LogP contribution in [0.25, 0.3) is 0 Å². The summed E-state index contributed by atoms with van der Waals surface area (Å²) in [5, 5.41) is 0. The van der Waals surface area contributed by atoms with E-state index >= 15 is 0 Å². The monoisotopic (exact) mass is 158 g/mol. The van der Waals surface area contributed by atoms with Gasteiger partial charge in [0, 0.05) is 0 Å². The number of esters is 1. The Morgan fingerprint density at radius 3 is 2.18 bits per heavy atom. The third-order valence-corrected chi connectivity index (χ3v) is 2.12. The van der Waals surface area contributed by atoms with Crippen LogP contribution >= 0.6 is 0 Å². The molecule has 0 spiro atoms. The molecule has 0 aromatic rings. The van der Waals surface area contributed by atoms with E-state index in [2.05, 4.69) is 4.74 Å². The van der Waals surface area contributed by atoms with E-state index in [1.165, 1.54) is 0 Å². The first-order chi connectivity index (χ1) is 4.92. The highest BCUT2D eigenvalue weighted by Gasteiger charge is 2.32. The molecular weight excluding hydrogens is 144 g/mol. The predicted molar refractivity (Wildman–Crippen MR) is 40.8 cm³/mol. The highest BCUT2D eigenvalue weighted by atomic mass is 16.6. The summed E-state index contributed by atoms with van der Waals surface area (Å²) in [6, 6.07) is 0. The molecule has 0 atom stereocenters. The lowest BCUT2D eigenvalue weighted by atomic mass is 9.81. The summed E-state index contributed by atoms with van der Waals surface area (Å²) in [6.45, 7) is 7.50. The van der Waals surface area contributed by atoms with Crippen LogP contribution in [0.5, 0.6) is 0 Å². The molecule has 0 N–H and O–H groups in total. The third-order valence-electron chi connectivity index (χ3n) is 2.12. The van der Waals surface area contributed by atoms with Crippen LogP contribution in [-0.4, -0.2) is 12.4 Å². The summed E-state index contributed by atoms with van der Waals surface area (Å²) in [6.07, 6.45) is 0. The Balaban J connectivity index is 4.29. The van der Waals surface area contributed by atoms with Gasteiger partial charge in [0.25, 0.3) is 0 Å². The molecule has 0 amide bonds. The molecule has 0 radical (unpaired) electrons. The fraction of sp³-hybridized carbons (Fsp3) is 0.750. The van der Waals surface area contributed by atoms with Crippen molar-refractivity contribution in [3.05, 3.63) is 0 Å². The number of carbonyl (C=O) groups excluding carboxylic acids is 2. The van der Waals surface area contributed by atoms with Gasteiger partial charge in [-0.05, 0) is 19.8 Å². The van der Waals surface area contributed by atoms with Gasteiger partial charge < -0.3 is 4.74 Å². The van der Waals surface area contributed by atoms with Gasteiger partial charge in [0.1, 0.15) is 0 Å². The van der Waals surface area contributed by atoms with Gasteiger partial charge in [-0.3, -0.25) is 9.59 Å². The zero-order valence-corrected chi connectivity index (χ0v) is 7.38. The molecule has 0 fully saturated rings. The van der Waals surface area contributed by atoms with Crippen LogP contribution in [0, 0.1) is 11.3 Å². The highest BCUT2D eigenvalue weighted by molar-refractivity contribution is 5.81. The minimum atomic E-state index is -0.582. The van der Waals surface area contributed by atoms with Gasteiger partial charge in [0.2, 0.25) is 0 Å². The van der Waals surface area contributed by atoms with Crippen molar-refractivity contribution < 1.29 is 14.3 Å². The van der Waals surface area contributed by atoms with E-state index in [4.69, 9.17) is 0 Å². The topological polar surface area (TPSA) is 43.4 Å². The van der Waals surface area contributed by atoms with Crippen molar-refractivity contribution in [2.45, 2.75) is 27.7 Å². The fourth-order valence-corrected chi connectivity index (χ4v) is 0.431. The lowest BCUT2D eigenvalue weighted by molar-refractivity contribution is -0.160. The van der Waals surface area contributed by atoms with Crippen LogP contribution in [-0.2, 0) is 14.3 Å². The van der Waals surface area contributed by atoms with Crippen LogP contribution in [0.1, 0.15) is 27.7 Å². The molecule has 0 rings (SSSR count). The molecule has 0 saturated carbocycles. The predicted octanol–water partition coefficient (Wildman–Crippen LogP) is 1.37. The molecule has 3 nitrogen and oxygen atoms in total. The Kier molecular flexibility index (Phi) is 3.23. The quantitative estimate of drug-likeness (QED) is 0.354. The summed E-state index contributed by atoms with van der Waals surface area (Å²) in [4.78, 5) is 20.9. The second-order valence-corrected chi connectivity index (χ2v) is 3.38. The van der Waals surface area contributed by atoms with E-state index in [1.807, 2.05) is 13.8 Å².